The Morgan fingerprint density at radius 2 is 1.86 bits per heavy atom. The fourth-order valence-corrected chi connectivity index (χ4v) is 3.93. The summed E-state index contributed by atoms with van der Waals surface area (Å²) >= 11 is 7.39. The van der Waals surface area contributed by atoms with Gasteiger partial charge in [-0.2, -0.15) is 0 Å². The number of alkyl halides is 3. The molecule has 0 saturated carbocycles. The second-order valence-electron chi connectivity index (χ2n) is 7.08. The first-order valence-electron chi connectivity index (χ1n) is 9.98. The van der Waals surface area contributed by atoms with Crippen LogP contribution in [0.1, 0.15) is 21.7 Å². The molecule has 8 nitrogen and oxygen atoms in total. The first-order chi connectivity index (χ1) is 16.7. The monoisotopic (exact) mass is 520 g/mol. The SMILES string of the molecule is Cc1ccc(NC(=O)c2nnn(-c3ccc(OC(F)(F)F)cc3)c2CSc2ncccn2)cc1Cl. The minimum absolute atomic E-state index is 0.0285. The lowest BCUT2D eigenvalue weighted by Crippen LogP contribution is -2.17. The van der Waals surface area contributed by atoms with Crippen LogP contribution in [0.5, 0.6) is 5.75 Å². The van der Waals surface area contributed by atoms with Gasteiger partial charge in [0.05, 0.1) is 11.4 Å². The van der Waals surface area contributed by atoms with E-state index < -0.39 is 12.3 Å². The third-order valence-corrected chi connectivity index (χ3v) is 5.90. The fraction of sp³-hybridized carbons (Fsp3) is 0.136. The second kappa shape index (κ2) is 10.3. The minimum Gasteiger partial charge on any atom is -0.406 e. The van der Waals surface area contributed by atoms with E-state index in [1.54, 1.807) is 36.7 Å². The van der Waals surface area contributed by atoms with Crippen LogP contribution in [0.25, 0.3) is 5.69 Å². The van der Waals surface area contributed by atoms with Gasteiger partial charge < -0.3 is 10.1 Å². The van der Waals surface area contributed by atoms with Crippen LogP contribution in [-0.4, -0.2) is 37.2 Å². The van der Waals surface area contributed by atoms with Crippen molar-refractivity contribution in [2.75, 3.05) is 5.32 Å². The summed E-state index contributed by atoms with van der Waals surface area (Å²) in [4.78, 5) is 21.3. The molecule has 4 rings (SSSR count). The number of hydrogen-bond acceptors (Lipinski definition) is 7. The normalized spacial score (nSPS) is 11.3. The van der Waals surface area contributed by atoms with Crippen molar-refractivity contribution in [2.24, 2.45) is 0 Å². The number of anilines is 1. The number of thioether (sulfide) groups is 1. The number of ether oxygens (including phenoxy) is 1. The quantitative estimate of drug-likeness (QED) is 0.255. The van der Waals surface area contributed by atoms with Crippen LogP contribution in [0.15, 0.2) is 66.1 Å². The van der Waals surface area contributed by atoms with Crippen LogP contribution in [0, 0.1) is 6.92 Å². The summed E-state index contributed by atoms with van der Waals surface area (Å²) in [5.41, 5.74) is 2.13. The number of hydrogen-bond donors (Lipinski definition) is 1. The van der Waals surface area contributed by atoms with Crippen LogP contribution in [0.3, 0.4) is 0 Å². The summed E-state index contributed by atoms with van der Waals surface area (Å²) in [7, 11) is 0. The standard InChI is InChI=1S/C22H16ClF3N6O2S/c1-13-3-4-14(11-17(13)23)29-20(33)19-18(12-35-21-27-9-2-10-28-21)32(31-30-19)15-5-7-16(8-6-15)34-22(24,25)26/h2-11H,12H2,1H3,(H,29,33). The summed E-state index contributed by atoms with van der Waals surface area (Å²) < 4.78 is 42.8. The molecule has 1 amide bonds. The number of nitrogens with zero attached hydrogens (tertiary/aromatic N) is 5. The van der Waals surface area contributed by atoms with Gasteiger partial charge in [-0.05, 0) is 55.0 Å². The van der Waals surface area contributed by atoms with Crippen LogP contribution in [0.4, 0.5) is 18.9 Å². The molecule has 1 N–H and O–H groups in total. The molecule has 2 aromatic carbocycles. The van der Waals surface area contributed by atoms with Gasteiger partial charge in [-0.25, -0.2) is 14.6 Å². The van der Waals surface area contributed by atoms with E-state index in [1.165, 1.54) is 28.6 Å². The summed E-state index contributed by atoms with van der Waals surface area (Å²) in [6.45, 7) is 1.84. The molecule has 0 unspecified atom stereocenters. The van der Waals surface area contributed by atoms with Crippen LogP contribution >= 0.6 is 23.4 Å². The van der Waals surface area contributed by atoms with Crippen LogP contribution in [-0.2, 0) is 5.75 Å². The number of rotatable bonds is 7. The van der Waals surface area contributed by atoms with Crippen molar-refractivity contribution in [3.8, 4) is 11.4 Å². The molecule has 0 saturated heterocycles. The van der Waals surface area contributed by atoms with Crippen LogP contribution in [0.2, 0.25) is 5.02 Å². The highest BCUT2D eigenvalue weighted by molar-refractivity contribution is 7.98. The first kappa shape index (κ1) is 24.5. The van der Waals surface area contributed by atoms with Gasteiger partial charge in [0.2, 0.25) is 0 Å². The number of halogens is 4. The molecule has 0 bridgehead atoms. The highest BCUT2D eigenvalue weighted by Crippen LogP contribution is 2.27. The van der Waals surface area contributed by atoms with E-state index in [0.717, 1.165) is 17.7 Å². The molecule has 0 aliphatic rings. The van der Waals surface area contributed by atoms with E-state index >= 15 is 0 Å². The molecule has 35 heavy (non-hydrogen) atoms. The topological polar surface area (TPSA) is 94.8 Å². The van der Waals surface area contributed by atoms with Gasteiger partial charge in [-0.15, -0.1) is 18.3 Å². The first-order valence-corrected chi connectivity index (χ1v) is 11.3. The van der Waals surface area contributed by atoms with Crippen molar-refractivity contribution in [3.05, 3.63) is 82.9 Å². The maximum absolute atomic E-state index is 13.0. The molecule has 2 heterocycles. The number of carbonyl (C=O) groups excluding carboxylic acids is 1. The molecule has 0 atom stereocenters. The number of amides is 1. The Morgan fingerprint density at radius 1 is 1.14 bits per heavy atom. The Labute approximate surface area is 206 Å². The van der Waals surface area contributed by atoms with Gasteiger partial charge in [0, 0.05) is 28.9 Å². The molecule has 0 radical (unpaired) electrons. The van der Waals surface area contributed by atoms with E-state index in [1.807, 2.05) is 6.92 Å². The van der Waals surface area contributed by atoms with Crippen molar-refractivity contribution < 1.29 is 22.7 Å². The lowest BCUT2D eigenvalue weighted by molar-refractivity contribution is -0.274. The van der Waals surface area contributed by atoms with Crippen molar-refractivity contribution in [1.82, 2.24) is 25.0 Å². The number of nitrogens with one attached hydrogen (secondary N) is 1. The third-order valence-electron chi connectivity index (χ3n) is 4.60. The Balaban J connectivity index is 1.64. The average Bonchev–Trinajstić information content (AvgIpc) is 3.24. The minimum atomic E-state index is -4.81. The van der Waals surface area contributed by atoms with Crippen molar-refractivity contribution in [2.45, 2.75) is 24.2 Å². The number of carbonyl (C=O) groups is 1. The van der Waals surface area contributed by atoms with Gasteiger partial charge in [0.1, 0.15) is 5.75 Å². The fourth-order valence-electron chi connectivity index (χ4n) is 2.96. The molecular formula is C22H16ClF3N6O2S. The predicted octanol–water partition coefficient (Wildman–Crippen LogP) is 5.46. The van der Waals surface area contributed by atoms with Crippen molar-refractivity contribution in [1.29, 1.82) is 0 Å². The molecule has 0 fully saturated rings. The summed E-state index contributed by atoms with van der Waals surface area (Å²) in [6, 6.07) is 11.8. The molecule has 2 aromatic heterocycles. The Kier molecular flexibility index (Phi) is 7.22. The van der Waals surface area contributed by atoms with E-state index in [4.69, 9.17) is 11.6 Å². The zero-order valence-electron chi connectivity index (χ0n) is 18.0. The highest BCUT2D eigenvalue weighted by atomic mass is 35.5. The van der Waals surface area contributed by atoms with E-state index in [2.05, 4.69) is 30.3 Å². The maximum atomic E-state index is 13.0. The van der Waals surface area contributed by atoms with Gasteiger partial charge >= 0.3 is 6.36 Å². The molecule has 0 spiro atoms. The van der Waals surface area contributed by atoms with Gasteiger partial charge in [-0.3, -0.25) is 4.79 Å². The number of aryl methyl sites for hydroxylation is 1. The lowest BCUT2D eigenvalue weighted by Gasteiger charge is -2.11. The zero-order valence-corrected chi connectivity index (χ0v) is 19.5. The zero-order chi connectivity index (χ0) is 25.0. The molecule has 4 aromatic rings. The molecule has 180 valence electrons. The van der Waals surface area contributed by atoms with Crippen LogP contribution < -0.4 is 10.1 Å². The average molecular weight is 521 g/mol. The lowest BCUT2D eigenvalue weighted by atomic mass is 10.2. The Morgan fingerprint density at radius 3 is 2.51 bits per heavy atom. The second-order valence-corrected chi connectivity index (χ2v) is 8.43. The van der Waals surface area contributed by atoms with Crippen molar-refractivity contribution >= 4 is 35.0 Å². The number of aromatic nitrogens is 5. The maximum Gasteiger partial charge on any atom is 0.573 e. The van der Waals surface area contributed by atoms with Gasteiger partial charge in [-0.1, -0.05) is 34.6 Å². The number of benzene rings is 2. The van der Waals surface area contributed by atoms with Crippen molar-refractivity contribution in [3.63, 3.8) is 0 Å². The van der Waals surface area contributed by atoms with E-state index in [-0.39, 0.29) is 17.2 Å². The highest BCUT2D eigenvalue weighted by Gasteiger charge is 2.31. The summed E-state index contributed by atoms with van der Waals surface area (Å²) in [5, 5.41) is 11.8. The Bertz CT molecular complexity index is 1330. The largest absolute Gasteiger partial charge is 0.573 e. The van der Waals surface area contributed by atoms with E-state index in [0.29, 0.717) is 27.2 Å². The summed E-state index contributed by atoms with van der Waals surface area (Å²) in [6.07, 6.45) is -1.64. The predicted molar refractivity (Wildman–Crippen MR) is 124 cm³/mol. The third kappa shape index (κ3) is 6.28. The van der Waals surface area contributed by atoms with E-state index in [9.17, 15) is 18.0 Å². The smallest absolute Gasteiger partial charge is 0.406 e. The van der Waals surface area contributed by atoms with Gasteiger partial charge in [0.25, 0.3) is 5.91 Å². The van der Waals surface area contributed by atoms with Gasteiger partial charge in [0.15, 0.2) is 10.9 Å². The molecular weight excluding hydrogens is 505 g/mol. The molecule has 13 heteroatoms. The molecule has 0 aliphatic carbocycles. The molecule has 0 aliphatic heterocycles. The Hall–Kier alpha value is -3.64. The summed E-state index contributed by atoms with van der Waals surface area (Å²) in [5.74, 6) is -0.711.